The first-order chi connectivity index (χ1) is 10.2. The Kier molecular flexibility index (Phi) is 7.82. The van der Waals surface area contributed by atoms with E-state index >= 15 is 0 Å². The first-order valence-electron chi connectivity index (χ1n) is 7.61. The molecule has 0 aromatic carbocycles. The van der Waals surface area contributed by atoms with Crippen LogP contribution >= 0.6 is 11.8 Å². The number of nitrogens with one attached hydrogen (secondary N) is 1. The van der Waals surface area contributed by atoms with Crippen molar-refractivity contribution in [3.8, 4) is 0 Å². The smallest absolute Gasteiger partial charge is 0.108 e. The lowest BCUT2D eigenvalue weighted by molar-refractivity contribution is -0.0165. The lowest BCUT2D eigenvalue weighted by Gasteiger charge is -2.18. The summed E-state index contributed by atoms with van der Waals surface area (Å²) in [5.74, 6) is 1.00. The summed E-state index contributed by atoms with van der Waals surface area (Å²) in [5, 5.41) is 11.3. The van der Waals surface area contributed by atoms with Gasteiger partial charge in [0.05, 0.1) is 38.4 Å². The number of thioether (sulfide) groups is 1. The molecular weight excluding hydrogens is 300 g/mol. The van der Waals surface area contributed by atoms with E-state index in [1.54, 1.807) is 4.68 Å². The van der Waals surface area contributed by atoms with E-state index < -0.39 is 0 Å². The molecule has 0 atom stereocenters. The standard InChI is InChI=1S/C15H30N4O2S/c1-14(2,3)21-10-13-9-19(18-17-13)11-16-12-20-7-8-22-15(4,5)6/h9,16H,7-8,10-12H2,1-6H3. The largest absolute Gasteiger partial charge is 0.369 e. The molecule has 0 fully saturated rings. The summed E-state index contributed by atoms with van der Waals surface area (Å²) in [6.07, 6.45) is 1.88. The van der Waals surface area contributed by atoms with Crippen LogP contribution in [0.1, 0.15) is 47.2 Å². The van der Waals surface area contributed by atoms with Crippen molar-refractivity contribution in [2.75, 3.05) is 19.1 Å². The van der Waals surface area contributed by atoms with E-state index in [1.807, 2.05) is 38.7 Å². The van der Waals surface area contributed by atoms with Crippen LogP contribution in [0.4, 0.5) is 0 Å². The molecule has 0 radical (unpaired) electrons. The van der Waals surface area contributed by atoms with E-state index in [2.05, 4.69) is 36.4 Å². The first-order valence-corrected chi connectivity index (χ1v) is 8.60. The monoisotopic (exact) mass is 330 g/mol. The highest BCUT2D eigenvalue weighted by Crippen LogP contribution is 2.22. The fourth-order valence-electron chi connectivity index (χ4n) is 1.48. The van der Waals surface area contributed by atoms with E-state index in [4.69, 9.17) is 9.47 Å². The highest BCUT2D eigenvalue weighted by atomic mass is 32.2. The molecule has 1 rings (SSSR count). The topological polar surface area (TPSA) is 61.2 Å². The molecule has 128 valence electrons. The van der Waals surface area contributed by atoms with Crippen LogP contribution in [0.3, 0.4) is 0 Å². The van der Waals surface area contributed by atoms with Gasteiger partial charge in [-0.3, -0.25) is 5.32 Å². The van der Waals surface area contributed by atoms with Gasteiger partial charge in [-0.05, 0) is 20.8 Å². The minimum atomic E-state index is -0.166. The second kappa shape index (κ2) is 8.86. The minimum absolute atomic E-state index is 0.166. The van der Waals surface area contributed by atoms with Crippen molar-refractivity contribution in [3.63, 3.8) is 0 Å². The summed E-state index contributed by atoms with van der Waals surface area (Å²) < 4.78 is 13.2. The molecule has 7 heteroatoms. The van der Waals surface area contributed by atoms with Gasteiger partial charge < -0.3 is 9.47 Å². The van der Waals surface area contributed by atoms with E-state index in [0.29, 0.717) is 24.8 Å². The van der Waals surface area contributed by atoms with Gasteiger partial charge in [0.25, 0.3) is 0 Å². The molecule has 6 nitrogen and oxygen atoms in total. The van der Waals surface area contributed by atoms with Crippen LogP contribution in [0.15, 0.2) is 6.20 Å². The van der Waals surface area contributed by atoms with E-state index in [9.17, 15) is 0 Å². The van der Waals surface area contributed by atoms with Gasteiger partial charge in [-0.1, -0.05) is 26.0 Å². The number of aromatic nitrogens is 3. The minimum Gasteiger partial charge on any atom is -0.369 e. The van der Waals surface area contributed by atoms with E-state index in [1.165, 1.54) is 0 Å². The van der Waals surface area contributed by atoms with Crippen molar-refractivity contribution in [1.82, 2.24) is 20.3 Å². The molecule has 0 unspecified atom stereocenters. The molecule has 0 spiro atoms. The summed E-state index contributed by atoms with van der Waals surface area (Å²) in [7, 11) is 0. The second-order valence-electron chi connectivity index (χ2n) is 7.07. The van der Waals surface area contributed by atoms with Gasteiger partial charge in [0.2, 0.25) is 0 Å². The van der Waals surface area contributed by atoms with Gasteiger partial charge in [-0.15, -0.1) is 5.10 Å². The second-order valence-corrected chi connectivity index (χ2v) is 8.99. The highest BCUT2D eigenvalue weighted by Gasteiger charge is 2.11. The molecule has 22 heavy (non-hydrogen) atoms. The Labute approximate surface area is 138 Å². The van der Waals surface area contributed by atoms with Crippen LogP contribution in [0.25, 0.3) is 0 Å². The average Bonchev–Trinajstić information content (AvgIpc) is 2.81. The maximum absolute atomic E-state index is 5.66. The normalized spacial score (nSPS) is 12.8. The van der Waals surface area contributed by atoms with Crippen LogP contribution in [0.5, 0.6) is 0 Å². The van der Waals surface area contributed by atoms with Crippen molar-refractivity contribution in [1.29, 1.82) is 0 Å². The Bertz CT molecular complexity index is 424. The van der Waals surface area contributed by atoms with E-state index in [-0.39, 0.29) is 5.60 Å². The Balaban J connectivity index is 2.09. The molecule has 1 aromatic rings. The Morgan fingerprint density at radius 2 is 1.95 bits per heavy atom. The Morgan fingerprint density at radius 3 is 2.59 bits per heavy atom. The summed E-state index contributed by atoms with van der Waals surface area (Å²) in [6, 6.07) is 0. The molecule has 0 saturated heterocycles. The quantitative estimate of drug-likeness (QED) is 0.555. The molecule has 0 aliphatic heterocycles. The lowest BCUT2D eigenvalue weighted by atomic mass is 10.2. The Hall–Kier alpha value is -0.630. The number of hydrogen-bond donors (Lipinski definition) is 1. The Morgan fingerprint density at radius 1 is 1.23 bits per heavy atom. The summed E-state index contributed by atoms with van der Waals surface area (Å²) in [4.78, 5) is 0. The summed E-state index contributed by atoms with van der Waals surface area (Å²) in [6.45, 7) is 15.0. The number of hydrogen-bond acceptors (Lipinski definition) is 6. The molecule has 0 amide bonds. The van der Waals surface area contributed by atoms with Gasteiger partial charge in [0.15, 0.2) is 0 Å². The first kappa shape index (κ1) is 19.4. The predicted molar refractivity (Wildman–Crippen MR) is 90.7 cm³/mol. The molecule has 0 aliphatic rings. The fraction of sp³-hybridized carbons (Fsp3) is 0.867. The van der Waals surface area contributed by atoms with Crippen molar-refractivity contribution in [2.24, 2.45) is 0 Å². The van der Waals surface area contributed by atoms with Gasteiger partial charge in [-0.2, -0.15) is 11.8 Å². The van der Waals surface area contributed by atoms with Crippen LogP contribution in [0, 0.1) is 0 Å². The molecular formula is C15H30N4O2S. The third-order valence-electron chi connectivity index (χ3n) is 2.48. The summed E-state index contributed by atoms with van der Waals surface area (Å²) in [5.41, 5.74) is 0.667. The lowest BCUT2D eigenvalue weighted by Crippen LogP contribution is -2.23. The molecule has 0 aliphatic carbocycles. The van der Waals surface area contributed by atoms with Crippen LogP contribution in [0.2, 0.25) is 0 Å². The SMILES string of the molecule is CC(C)(C)OCc1cn(CNCOCCSC(C)(C)C)nn1. The zero-order valence-electron chi connectivity index (χ0n) is 14.7. The zero-order chi connectivity index (χ0) is 16.6. The molecule has 1 N–H and O–H groups in total. The van der Waals surface area contributed by atoms with Crippen LogP contribution < -0.4 is 5.32 Å². The number of rotatable bonds is 9. The van der Waals surface area contributed by atoms with Crippen molar-refractivity contribution >= 4 is 11.8 Å². The van der Waals surface area contributed by atoms with Crippen molar-refractivity contribution in [3.05, 3.63) is 11.9 Å². The predicted octanol–water partition coefficient (Wildman–Crippen LogP) is 2.65. The van der Waals surface area contributed by atoms with E-state index in [0.717, 1.165) is 18.1 Å². The van der Waals surface area contributed by atoms with Gasteiger partial charge in [0, 0.05) is 10.5 Å². The van der Waals surface area contributed by atoms with Crippen LogP contribution in [-0.2, 0) is 22.7 Å². The van der Waals surface area contributed by atoms with Crippen molar-refractivity contribution < 1.29 is 9.47 Å². The third kappa shape index (κ3) is 10.2. The highest BCUT2D eigenvalue weighted by molar-refractivity contribution is 8.00. The maximum Gasteiger partial charge on any atom is 0.108 e. The molecule has 1 heterocycles. The number of ether oxygens (including phenoxy) is 2. The maximum atomic E-state index is 5.66. The van der Waals surface area contributed by atoms with Gasteiger partial charge >= 0.3 is 0 Å². The molecule has 1 aromatic heterocycles. The zero-order valence-corrected chi connectivity index (χ0v) is 15.5. The number of nitrogens with zero attached hydrogens (tertiary/aromatic N) is 3. The van der Waals surface area contributed by atoms with Crippen LogP contribution in [-0.4, -0.2) is 44.4 Å². The molecule has 0 saturated carbocycles. The summed E-state index contributed by atoms with van der Waals surface area (Å²) >= 11 is 1.90. The van der Waals surface area contributed by atoms with Crippen molar-refractivity contribution in [2.45, 2.75) is 65.2 Å². The van der Waals surface area contributed by atoms with Gasteiger partial charge in [-0.25, -0.2) is 4.68 Å². The fourth-order valence-corrected chi connectivity index (χ4v) is 2.30. The molecule has 0 bridgehead atoms. The average molecular weight is 330 g/mol. The third-order valence-corrected chi connectivity index (χ3v) is 3.72. The van der Waals surface area contributed by atoms with Gasteiger partial charge in [0.1, 0.15) is 5.69 Å².